The molecule has 0 aliphatic heterocycles. The van der Waals surface area contributed by atoms with Crippen molar-refractivity contribution in [2.45, 2.75) is 46.5 Å². The number of ether oxygens (including phenoxy) is 2. The van der Waals surface area contributed by atoms with Crippen LogP contribution in [0.15, 0.2) is 30.3 Å². The van der Waals surface area contributed by atoms with Gasteiger partial charge >= 0.3 is 0 Å². The lowest BCUT2D eigenvalue weighted by Gasteiger charge is -2.12. The SMILES string of the molecule is CCCCOc1ccc2c(OCCCC)cc(C(C)=O)cc2c1. The molecule has 0 fully saturated rings. The van der Waals surface area contributed by atoms with Gasteiger partial charge in [-0.2, -0.15) is 0 Å². The second-order valence-corrected chi connectivity index (χ2v) is 5.82. The molecule has 124 valence electrons. The second kappa shape index (κ2) is 8.56. The van der Waals surface area contributed by atoms with Gasteiger partial charge in [-0.05, 0) is 55.5 Å². The van der Waals surface area contributed by atoms with Gasteiger partial charge in [-0.3, -0.25) is 4.79 Å². The van der Waals surface area contributed by atoms with E-state index in [0.717, 1.165) is 48.0 Å². The summed E-state index contributed by atoms with van der Waals surface area (Å²) in [5.41, 5.74) is 0.676. The minimum absolute atomic E-state index is 0.0459. The highest BCUT2D eigenvalue weighted by Gasteiger charge is 2.09. The number of ketones is 1. The van der Waals surface area contributed by atoms with E-state index in [0.29, 0.717) is 18.8 Å². The summed E-state index contributed by atoms with van der Waals surface area (Å²) < 4.78 is 11.7. The Hall–Kier alpha value is -2.03. The summed E-state index contributed by atoms with van der Waals surface area (Å²) in [7, 11) is 0. The van der Waals surface area contributed by atoms with Crippen LogP contribution in [0.4, 0.5) is 0 Å². The number of hydrogen-bond donors (Lipinski definition) is 0. The van der Waals surface area contributed by atoms with Crippen molar-refractivity contribution in [3.05, 3.63) is 35.9 Å². The van der Waals surface area contributed by atoms with Gasteiger partial charge in [-0.25, -0.2) is 0 Å². The Kier molecular flexibility index (Phi) is 6.45. The number of carbonyl (C=O) groups is 1. The third-order valence-corrected chi connectivity index (χ3v) is 3.81. The van der Waals surface area contributed by atoms with Gasteiger partial charge in [0.2, 0.25) is 0 Å². The summed E-state index contributed by atoms with van der Waals surface area (Å²) >= 11 is 0. The first-order chi connectivity index (χ1) is 11.2. The molecule has 0 aliphatic carbocycles. The summed E-state index contributed by atoms with van der Waals surface area (Å²) in [6, 6.07) is 9.74. The average molecular weight is 314 g/mol. The molecule has 2 rings (SSSR count). The van der Waals surface area contributed by atoms with E-state index in [1.54, 1.807) is 6.92 Å². The van der Waals surface area contributed by atoms with Gasteiger partial charge in [0.25, 0.3) is 0 Å². The molecule has 3 heteroatoms. The van der Waals surface area contributed by atoms with Crippen molar-refractivity contribution in [2.24, 2.45) is 0 Å². The van der Waals surface area contributed by atoms with Crippen LogP contribution in [-0.2, 0) is 0 Å². The summed E-state index contributed by atoms with van der Waals surface area (Å²) in [5, 5.41) is 2.01. The monoisotopic (exact) mass is 314 g/mol. The van der Waals surface area contributed by atoms with Crippen molar-refractivity contribution in [3.8, 4) is 11.5 Å². The Labute approximate surface area is 138 Å². The van der Waals surface area contributed by atoms with E-state index >= 15 is 0 Å². The van der Waals surface area contributed by atoms with Gasteiger partial charge < -0.3 is 9.47 Å². The molecule has 0 aliphatic rings. The van der Waals surface area contributed by atoms with E-state index in [2.05, 4.69) is 13.8 Å². The maximum atomic E-state index is 11.8. The Morgan fingerprint density at radius 1 is 0.957 bits per heavy atom. The van der Waals surface area contributed by atoms with Crippen molar-refractivity contribution in [2.75, 3.05) is 13.2 Å². The van der Waals surface area contributed by atoms with Crippen molar-refractivity contribution in [1.82, 2.24) is 0 Å². The molecular weight excluding hydrogens is 288 g/mol. The lowest BCUT2D eigenvalue weighted by Crippen LogP contribution is -2.01. The largest absolute Gasteiger partial charge is 0.494 e. The van der Waals surface area contributed by atoms with Crippen LogP contribution in [-0.4, -0.2) is 19.0 Å². The number of fused-ring (bicyclic) bond motifs is 1. The average Bonchev–Trinajstić information content (AvgIpc) is 2.54. The fourth-order valence-corrected chi connectivity index (χ4v) is 2.39. The van der Waals surface area contributed by atoms with E-state index in [-0.39, 0.29) is 5.78 Å². The first-order valence-electron chi connectivity index (χ1n) is 8.50. The molecule has 0 saturated heterocycles. The molecule has 0 saturated carbocycles. The van der Waals surface area contributed by atoms with Gasteiger partial charge in [0.05, 0.1) is 13.2 Å². The Bertz CT molecular complexity index is 661. The number of carbonyl (C=O) groups excluding carboxylic acids is 1. The molecule has 0 spiro atoms. The molecule has 0 heterocycles. The van der Waals surface area contributed by atoms with Crippen LogP contribution in [0.25, 0.3) is 10.8 Å². The molecule has 0 atom stereocenters. The van der Waals surface area contributed by atoms with Gasteiger partial charge in [-0.1, -0.05) is 26.7 Å². The zero-order valence-corrected chi connectivity index (χ0v) is 14.4. The van der Waals surface area contributed by atoms with Crippen molar-refractivity contribution >= 4 is 16.6 Å². The normalized spacial score (nSPS) is 10.7. The number of hydrogen-bond acceptors (Lipinski definition) is 3. The highest BCUT2D eigenvalue weighted by molar-refractivity contribution is 6.01. The number of rotatable bonds is 9. The quantitative estimate of drug-likeness (QED) is 0.459. The van der Waals surface area contributed by atoms with Crippen LogP contribution in [0.2, 0.25) is 0 Å². The maximum Gasteiger partial charge on any atom is 0.159 e. The molecule has 0 unspecified atom stereocenters. The topological polar surface area (TPSA) is 35.5 Å². The third-order valence-electron chi connectivity index (χ3n) is 3.81. The highest BCUT2D eigenvalue weighted by Crippen LogP contribution is 2.31. The van der Waals surface area contributed by atoms with Crippen LogP contribution < -0.4 is 9.47 Å². The van der Waals surface area contributed by atoms with E-state index in [4.69, 9.17) is 9.47 Å². The van der Waals surface area contributed by atoms with E-state index in [1.807, 2.05) is 30.3 Å². The summed E-state index contributed by atoms with van der Waals surface area (Å²) in [6.45, 7) is 7.24. The Morgan fingerprint density at radius 3 is 2.30 bits per heavy atom. The van der Waals surface area contributed by atoms with Crippen molar-refractivity contribution in [3.63, 3.8) is 0 Å². The molecule has 0 aromatic heterocycles. The minimum atomic E-state index is 0.0459. The summed E-state index contributed by atoms with van der Waals surface area (Å²) in [4.78, 5) is 11.8. The van der Waals surface area contributed by atoms with Gasteiger partial charge in [-0.15, -0.1) is 0 Å². The zero-order valence-electron chi connectivity index (χ0n) is 14.4. The Balaban J connectivity index is 2.33. The first-order valence-corrected chi connectivity index (χ1v) is 8.50. The molecule has 23 heavy (non-hydrogen) atoms. The van der Waals surface area contributed by atoms with Crippen molar-refractivity contribution in [1.29, 1.82) is 0 Å². The number of Topliss-reactive ketones (excluding diaryl/α,β-unsaturated/α-hetero) is 1. The summed E-state index contributed by atoms with van der Waals surface area (Å²) in [6.07, 6.45) is 4.23. The molecular formula is C20H26O3. The number of benzene rings is 2. The van der Waals surface area contributed by atoms with E-state index in [9.17, 15) is 4.79 Å². The van der Waals surface area contributed by atoms with Crippen LogP contribution in [0.1, 0.15) is 56.8 Å². The lowest BCUT2D eigenvalue weighted by atomic mass is 10.0. The van der Waals surface area contributed by atoms with Crippen LogP contribution in [0.5, 0.6) is 11.5 Å². The minimum Gasteiger partial charge on any atom is -0.494 e. The molecule has 3 nitrogen and oxygen atoms in total. The predicted molar refractivity (Wildman–Crippen MR) is 94.8 cm³/mol. The number of unbranched alkanes of at least 4 members (excludes halogenated alkanes) is 2. The van der Waals surface area contributed by atoms with Crippen LogP contribution >= 0.6 is 0 Å². The molecule has 0 N–H and O–H groups in total. The standard InChI is InChI=1S/C20H26O3/c1-4-6-10-22-18-8-9-19-17(13-18)12-16(15(3)21)14-20(19)23-11-7-5-2/h8-9,12-14H,4-7,10-11H2,1-3H3. The third kappa shape index (κ3) is 4.72. The lowest BCUT2D eigenvalue weighted by molar-refractivity contribution is 0.101. The molecule has 0 amide bonds. The van der Waals surface area contributed by atoms with E-state index < -0.39 is 0 Å². The molecule has 2 aromatic carbocycles. The highest BCUT2D eigenvalue weighted by atomic mass is 16.5. The molecule has 0 bridgehead atoms. The fraction of sp³-hybridized carbons (Fsp3) is 0.450. The Morgan fingerprint density at radius 2 is 1.65 bits per heavy atom. The maximum absolute atomic E-state index is 11.8. The second-order valence-electron chi connectivity index (χ2n) is 5.82. The molecule has 0 radical (unpaired) electrons. The van der Waals surface area contributed by atoms with Crippen LogP contribution in [0.3, 0.4) is 0 Å². The van der Waals surface area contributed by atoms with Crippen LogP contribution in [0, 0.1) is 0 Å². The summed E-state index contributed by atoms with van der Waals surface area (Å²) in [5.74, 6) is 1.66. The van der Waals surface area contributed by atoms with Crippen molar-refractivity contribution < 1.29 is 14.3 Å². The predicted octanol–water partition coefficient (Wildman–Crippen LogP) is 5.40. The van der Waals surface area contributed by atoms with E-state index in [1.165, 1.54) is 0 Å². The van der Waals surface area contributed by atoms with Gasteiger partial charge in [0.15, 0.2) is 5.78 Å². The first kappa shape index (κ1) is 17.3. The zero-order chi connectivity index (χ0) is 16.7. The van der Waals surface area contributed by atoms with Gasteiger partial charge in [0, 0.05) is 10.9 Å². The van der Waals surface area contributed by atoms with Gasteiger partial charge in [0.1, 0.15) is 11.5 Å². The molecule has 2 aromatic rings. The smallest absolute Gasteiger partial charge is 0.159 e. The fourth-order valence-electron chi connectivity index (χ4n) is 2.39.